The summed E-state index contributed by atoms with van der Waals surface area (Å²) in [5.41, 5.74) is 3.45. The number of aromatic nitrogens is 1. The van der Waals surface area contributed by atoms with E-state index < -0.39 is 0 Å². The van der Waals surface area contributed by atoms with E-state index in [-0.39, 0.29) is 11.4 Å². The van der Waals surface area contributed by atoms with Crippen molar-refractivity contribution in [1.29, 1.82) is 0 Å². The zero-order valence-corrected chi connectivity index (χ0v) is 13.3. The van der Waals surface area contributed by atoms with E-state index in [1.54, 1.807) is 6.07 Å². The summed E-state index contributed by atoms with van der Waals surface area (Å²) in [7, 11) is 0. The Morgan fingerprint density at radius 1 is 1.18 bits per heavy atom. The van der Waals surface area contributed by atoms with Crippen molar-refractivity contribution < 1.29 is 9.21 Å². The van der Waals surface area contributed by atoms with Gasteiger partial charge in [-0.05, 0) is 58.0 Å². The maximum absolute atomic E-state index is 12.1. The van der Waals surface area contributed by atoms with Crippen molar-refractivity contribution in [3.63, 3.8) is 0 Å². The van der Waals surface area contributed by atoms with Gasteiger partial charge in [0.1, 0.15) is 12.0 Å². The van der Waals surface area contributed by atoms with E-state index >= 15 is 0 Å². The van der Waals surface area contributed by atoms with E-state index in [9.17, 15) is 4.79 Å². The molecule has 4 heteroatoms. The number of aromatic amines is 1. The number of H-pyrrole nitrogens is 1. The molecule has 2 heterocycles. The van der Waals surface area contributed by atoms with Crippen LogP contribution in [0.3, 0.4) is 0 Å². The summed E-state index contributed by atoms with van der Waals surface area (Å²) in [6.07, 6.45) is 1.50. The third-order valence-corrected chi connectivity index (χ3v) is 3.39. The highest BCUT2D eigenvalue weighted by Crippen LogP contribution is 2.26. The normalized spacial score (nSPS) is 11.8. The summed E-state index contributed by atoms with van der Waals surface area (Å²) in [5.74, 6) is 0.570. The Bertz CT molecular complexity index is 834. The lowest BCUT2D eigenvalue weighted by atomic mass is 10.1. The third kappa shape index (κ3) is 2.91. The summed E-state index contributed by atoms with van der Waals surface area (Å²) >= 11 is 0. The van der Waals surface area contributed by atoms with E-state index in [1.165, 1.54) is 6.26 Å². The minimum atomic E-state index is -0.268. The Balaban J connectivity index is 1.90. The molecule has 0 aliphatic carbocycles. The molecule has 0 saturated carbocycles. The second kappa shape index (κ2) is 5.05. The predicted octanol–water partition coefficient (Wildman–Crippen LogP) is 4.26. The first-order chi connectivity index (χ1) is 10.3. The van der Waals surface area contributed by atoms with Crippen LogP contribution >= 0.6 is 0 Å². The quantitative estimate of drug-likeness (QED) is 0.742. The van der Waals surface area contributed by atoms with Gasteiger partial charge in [-0.25, -0.2) is 0 Å². The van der Waals surface area contributed by atoms with Crippen LogP contribution < -0.4 is 5.32 Å². The number of aryl methyl sites for hydroxylation is 1. The molecular weight excluding hydrogens is 276 g/mol. The van der Waals surface area contributed by atoms with Crippen molar-refractivity contribution in [2.24, 2.45) is 0 Å². The third-order valence-electron chi connectivity index (χ3n) is 3.39. The first kappa shape index (κ1) is 14.4. The number of fused-ring (bicyclic) bond motifs is 1. The number of furan rings is 1. The summed E-state index contributed by atoms with van der Waals surface area (Å²) in [6.45, 7) is 7.89. The second-order valence-electron chi connectivity index (χ2n) is 6.66. The number of hydrogen-bond acceptors (Lipinski definition) is 2. The zero-order valence-electron chi connectivity index (χ0n) is 13.3. The second-order valence-corrected chi connectivity index (χ2v) is 6.66. The highest BCUT2D eigenvalue weighted by molar-refractivity contribution is 5.95. The molecule has 0 radical (unpaired) electrons. The molecule has 0 saturated heterocycles. The molecule has 22 heavy (non-hydrogen) atoms. The van der Waals surface area contributed by atoms with Gasteiger partial charge in [0.15, 0.2) is 0 Å². The molecule has 4 nitrogen and oxygen atoms in total. The number of carbonyl (C=O) groups is 1. The Hall–Kier alpha value is -2.49. The van der Waals surface area contributed by atoms with Gasteiger partial charge in [-0.1, -0.05) is 0 Å². The van der Waals surface area contributed by atoms with E-state index in [2.05, 4.69) is 22.4 Å². The Morgan fingerprint density at radius 3 is 2.68 bits per heavy atom. The molecule has 3 rings (SSSR count). The first-order valence-electron chi connectivity index (χ1n) is 7.33. The molecular formula is C18H20N2O2. The highest BCUT2D eigenvalue weighted by Gasteiger charge is 2.17. The molecule has 2 N–H and O–H groups in total. The minimum absolute atomic E-state index is 0.124. The largest absolute Gasteiger partial charge is 0.464 e. The summed E-state index contributed by atoms with van der Waals surface area (Å²) in [5, 5.41) is 4.06. The van der Waals surface area contributed by atoms with Gasteiger partial charge >= 0.3 is 0 Å². The number of carbonyl (C=O) groups excluding carboxylic acids is 1. The van der Waals surface area contributed by atoms with Crippen molar-refractivity contribution in [3.8, 4) is 11.3 Å². The molecule has 0 aliphatic rings. The van der Waals surface area contributed by atoms with E-state index in [1.807, 2.05) is 39.8 Å². The van der Waals surface area contributed by atoms with Crippen LogP contribution in [0.5, 0.6) is 0 Å². The Kier molecular flexibility index (Phi) is 3.32. The average molecular weight is 296 g/mol. The van der Waals surface area contributed by atoms with Gasteiger partial charge in [0, 0.05) is 27.7 Å². The van der Waals surface area contributed by atoms with Crippen LogP contribution in [0.2, 0.25) is 0 Å². The lowest BCUT2D eigenvalue weighted by Gasteiger charge is -2.19. The van der Waals surface area contributed by atoms with Crippen LogP contribution in [0.25, 0.3) is 22.2 Å². The molecule has 1 aromatic carbocycles. The molecule has 0 aliphatic heterocycles. The van der Waals surface area contributed by atoms with Crippen molar-refractivity contribution in [2.45, 2.75) is 33.2 Å². The molecule has 0 spiro atoms. The van der Waals surface area contributed by atoms with Crippen molar-refractivity contribution >= 4 is 16.8 Å². The van der Waals surface area contributed by atoms with Gasteiger partial charge in [-0.15, -0.1) is 0 Å². The van der Waals surface area contributed by atoms with Gasteiger partial charge in [-0.2, -0.15) is 0 Å². The molecule has 1 amide bonds. The van der Waals surface area contributed by atoms with Gasteiger partial charge in [-0.3, -0.25) is 4.79 Å². The van der Waals surface area contributed by atoms with Gasteiger partial charge in [0.25, 0.3) is 5.91 Å². The lowest BCUT2D eigenvalue weighted by molar-refractivity contribution is 0.0919. The zero-order chi connectivity index (χ0) is 15.9. The van der Waals surface area contributed by atoms with Crippen molar-refractivity contribution in [2.75, 3.05) is 0 Å². The molecule has 2 aromatic heterocycles. The molecule has 0 unspecified atom stereocenters. The first-order valence-corrected chi connectivity index (χ1v) is 7.33. The Morgan fingerprint density at radius 2 is 1.95 bits per heavy atom. The van der Waals surface area contributed by atoms with Crippen LogP contribution in [0.4, 0.5) is 0 Å². The highest BCUT2D eigenvalue weighted by atomic mass is 16.3. The van der Waals surface area contributed by atoms with Crippen LogP contribution in [0.1, 0.15) is 36.8 Å². The average Bonchev–Trinajstić information content (AvgIpc) is 3.00. The SMILES string of the molecule is Cc1cc2cc(-c3cc(C(=O)NC(C)(C)C)co3)ccc2[nH]1. The molecule has 0 atom stereocenters. The topological polar surface area (TPSA) is 58.0 Å². The fraction of sp³-hybridized carbons (Fsp3) is 0.278. The molecule has 3 aromatic rings. The summed E-state index contributed by atoms with van der Waals surface area (Å²) < 4.78 is 5.57. The van der Waals surface area contributed by atoms with E-state index in [4.69, 9.17) is 4.42 Å². The fourth-order valence-corrected chi connectivity index (χ4v) is 2.45. The summed E-state index contributed by atoms with van der Waals surface area (Å²) in [6, 6.07) is 9.94. The van der Waals surface area contributed by atoms with Crippen LogP contribution in [-0.2, 0) is 0 Å². The molecule has 0 fully saturated rings. The maximum Gasteiger partial charge on any atom is 0.254 e. The monoisotopic (exact) mass is 296 g/mol. The number of nitrogens with one attached hydrogen (secondary N) is 2. The van der Waals surface area contributed by atoms with E-state index in [0.29, 0.717) is 11.3 Å². The van der Waals surface area contributed by atoms with Gasteiger partial charge in [0.05, 0.1) is 5.56 Å². The smallest absolute Gasteiger partial charge is 0.254 e. The number of amides is 1. The van der Waals surface area contributed by atoms with Crippen LogP contribution in [0.15, 0.2) is 41.0 Å². The Labute approximate surface area is 129 Å². The summed E-state index contributed by atoms with van der Waals surface area (Å²) in [4.78, 5) is 15.4. The maximum atomic E-state index is 12.1. The fourth-order valence-electron chi connectivity index (χ4n) is 2.45. The van der Waals surface area contributed by atoms with E-state index in [0.717, 1.165) is 22.2 Å². The predicted molar refractivity (Wildman–Crippen MR) is 88.0 cm³/mol. The number of rotatable bonds is 2. The van der Waals surface area contributed by atoms with Gasteiger partial charge in [0.2, 0.25) is 0 Å². The number of benzene rings is 1. The van der Waals surface area contributed by atoms with Crippen molar-refractivity contribution in [1.82, 2.24) is 10.3 Å². The van der Waals surface area contributed by atoms with Crippen molar-refractivity contribution in [3.05, 3.63) is 47.9 Å². The van der Waals surface area contributed by atoms with Gasteiger partial charge < -0.3 is 14.7 Å². The van der Waals surface area contributed by atoms with Crippen LogP contribution in [0, 0.1) is 6.92 Å². The molecule has 0 bridgehead atoms. The lowest BCUT2D eigenvalue weighted by Crippen LogP contribution is -2.40. The number of hydrogen-bond donors (Lipinski definition) is 2. The standard InChI is InChI=1S/C18H20N2O2/c1-11-7-13-8-12(5-6-15(13)19-11)16-9-14(10-22-16)17(21)20-18(2,3)4/h5-10,19H,1-4H3,(H,20,21). The molecule has 114 valence electrons. The van der Waals surface area contributed by atoms with Crippen LogP contribution in [-0.4, -0.2) is 16.4 Å². The minimum Gasteiger partial charge on any atom is -0.464 e.